The Labute approximate surface area is 172 Å². The molecule has 29 heavy (non-hydrogen) atoms. The number of nitrogens with zero attached hydrogens (tertiary/aromatic N) is 1. The van der Waals surface area contributed by atoms with E-state index in [9.17, 15) is 13.6 Å². The van der Waals surface area contributed by atoms with Crippen LogP contribution in [0, 0.1) is 17.6 Å². The lowest BCUT2D eigenvalue weighted by Gasteiger charge is -2.26. The molecule has 2 unspecified atom stereocenters. The molecule has 2 aromatic carbocycles. The molecule has 1 aliphatic rings. The largest absolute Gasteiger partial charge is 0.326 e. The first-order chi connectivity index (χ1) is 13.7. The minimum atomic E-state index is -0.665. The Morgan fingerprint density at radius 3 is 2.31 bits per heavy atom. The van der Waals surface area contributed by atoms with Crippen molar-refractivity contribution in [3.05, 3.63) is 77.4 Å². The van der Waals surface area contributed by atoms with E-state index >= 15 is 0 Å². The Hall–Kier alpha value is -2.53. The molecule has 0 radical (unpaired) electrons. The number of rotatable bonds is 4. The second-order valence-electron chi connectivity index (χ2n) is 7.73. The lowest BCUT2D eigenvalue weighted by Crippen LogP contribution is -2.42. The Kier molecular flexibility index (Phi) is 8.09. The third-order valence-electron chi connectivity index (χ3n) is 4.94. The first-order valence-electron chi connectivity index (χ1n) is 10.0. The summed E-state index contributed by atoms with van der Waals surface area (Å²) in [5.41, 5.74) is 7.40. The highest BCUT2D eigenvalue weighted by atomic mass is 19.1. The van der Waals surface area contributed by atoms with Gasteiger partial charge in [0.15, 0.2) is 0 Å². The topological polar surface area (TPSA) is 46.3 Å². The second kappa shape index (κ2) is 10.3. The van der Waals surface area contributed by atoms with Crippen LogP contribution in [0.4, 0.5) is 8.78 Å². The highest BCUT2D eigenvalue weighted by molar-refractivity contribution is 5.86. The molecule has 1 aliphatic heterocycles. The number of benzene rings is 2. The van der Waals surface area contributed by atoms with Crippen molar-refractivity contribution < 1.29 is 13.6 Å². The van der Waals surface area contributed by atoms with Gasteiger partial charge in [-0.15, -0.1) is 0 Å². The van der Waals surface area contributed by atoms with E-state index in [4.69, 9.17) is 5.73 Å². The van der Waals surface area contributed by atoms with E-state index in [2.05, 4.69) is 20.8 Å². The number of hydrogen-bond donors (Lipinski definition) is 1. The molecular weight excluding hydrogens is 370 g/mol. The smallest absolute Gasteiger partial charge is 0.240 e. The predicted molar refractivity (Wildman–Crippen MR) is 114 cm³/mol. The van der Waals surface area contributed by atoms with Crippen molar-refractivity contribution in [2.45, 2.75) is 46.2 Å². The Morgan fingerprint density at radius 2 is 1.76 bits per heavy atom. The first kappa shape index (κ1) is 22.8. The fourth-order valence-electron chi connectivity index (χ4n) is 2.94. The van der Waals surface area contributed by atoms with Crippen LogP contribution in [-0.2, 0) is 4.79 Å². The van der Waals surface area contributed by atoms with Gasteiger partial charge in [-0.2, -0.15) is 0 Å². The average Bonchev–Trinajstić information content (AvgIpc) is 3.15. The maximum Gasteiger partial charge on any atom is 0.240 e. The van der Waals surface area contributed by atoms with Crippen molar-refractivity contribution in [2.24, 2.45) is 11.7 Å². The molecule has 2 atom stereocenters. The number of carbonyl (C=O) groups excluding carboxylic acids is 1. The van der Waals surface area contributed by atoms with Gasteiger partial charge in [0.25, 0.3) is 0 Å². The molecule has 0 aromatic heterocycles. The fraction of sp³-hybridized carbons (Fsp3) is 0.375. The molecule has 0 fully saturated rings. The molecule has 156 valence electrons. The zero-order valence-corrected chi connectivity index (χ0v) is 17.5. The molecule has 2 N–H and O–H groups in total. The molecule has 0 aliphatic carbocycles. The average molecular weight is 401 g/mol. The molecule has 2 aromatic rings. The molecular formula is C24H30F2N2O. The van der Waals surface area contributed by atoms with Crippen LogP contribution in [0.3, 0.4) is 0 Å². The summed E-state index contributed by atoms with van der Waals surface area (Å²) in [5, 5.41) is 0. The van der Waals surface area contributed by atoms with Gasteiger partial charge in [-0.3, -0.25) is 4.79 Å². The number of amides is 1. The normalized spacial score (nSPS) is 16.9. The Morgan fingerprint density at radius 1 is 1.14 bits per heavy atom. The zero-order valence-electron chi connectivity index (χ0n) is 17.5. The van der Waals surface area contributed by atoms with Crippen LogP contribution in [0.5, 0.6) is 0 Å². The quantitative estimate of drug-likeness (QED) is 0.754. The van der Waals surface area contributed by atoms with Gasteiger partial charge in [0.1, 0.15) is 11.6 Å². The standard InChI is InChI=1S/C19H18F2N2O.C5H12/c1-12(22)19(24)23-11-14(16-10-15(20)7-8-17(16)21)9-18(23)13-5-3-2-4-6-13;1-4-5(2)3/h2-10,12,18H,11,22H2,1H3;5H,4H2,1-3H3. The highest BCUT2D eigenvalue weighted by Crippen LogP contribution is 2.35. The first-order valence-corrected chi connectivity index (χ1v) is 10.0. The SMILES string of the molecule is CC(N)C(=O)N1CC(c2cc(F)ccc2F)=CC1c1ccccc1.CCC(C)C. The van der Waals surface area contributed by atoms with Crippen LogP contribution in [-0.4, -0.2) is 23.4 Å². The molecule has 0 spiro atoms. The predicted octanol–water partition coefficient (Wildman–Crippen LogP) is 5.33. The van der Waals surface area contributed by atoms with E-state index < -0.39 is 17.7 Å². The lowest BCUT2D eigenvalue weighted by molar-refractivity contribution is -0.132. The van der Waals surface area contributed by atoms with E-state index in [-0.39, 0.29) is 24.1 Å². The van der Waals surface area contributed by atoms with Crippen molar-refractivity contribution in [3.8, 4) is 0 Å². The number of carbonyl (C=O) groups is 1. The summed E-state index contributed by atoms with van der Waals surface area (Å²) in [6, 6.07) is 11.7. The summed E-state index contributed by atoms with van der Waals surface area (Å²) in [4.78, 5) is 14.1. The van der Waals surface area contributed by atoms with Crippen molar-refractivity contribution in [2.75, 3.05) is 6.54 Å². The van der Waals surface area contributed by atoms with Gasteiger partial charge in [-0.05, 0) is 42.2 Å². The molecule has 3 nitrogen and oxygen atoms in total. The van der Waals surface area contributed by atoms with Gasteiger partial charge in [-0.1, -0.05) is 63.6 Å². The maximum absolute atomic E-state index is 14.1. The molecule has 0 saturated heterocycles. The Bertz CT molecular complexity index is 847. The van der Waals surface area contributed by atoms with Crippen molar-refractivity contribution in [1.82, 2.24) is 4.90 Å². The zero-order chi connectivity index (χ0) is 21.6. The summed E-state index contributed by atoms with van der Waals surface area (Å²) in [5.74, 6) is -0.369. The third-order valence-corrected chi connectivity index (χ3v) is 4.94. The molecule has 1 heterocycles. The van der Waals surface area contributed by atoms with E-state index in [0.29, 0.717) is 5.57 Å². The number of hydrogen-bond acceptors (Lipinski definition) is 2. The fourth-order valence-corrected chi connectivity index (χ4v) is 2.94. The van der Waals surface area contributed by atoms with E-state index in [1.807, 2.05) is 30.3 Å². The summed E-state index contributed by atoms with van der Waals surface area (Å²) < 4.78 is 27.6. The van der Waals surface area contributed by atoms with Gasteiger partial charge in [0.2, 0.25) is 5.91 Å². The minimum absolute atomic E-state index is 0.177. The van der Waals surface area contributed by atoms with E-state index in [1.54, 1.807) is 17.9 Å². The van der Waals surface area contributed by atoms with E-state index in [1.165, 1.54) is 6.42 Å². The number of nitrogens with two attached hydrogens (primary N) is 1. The van der Waals surface area contributed by atoms with Crippen molar-refractivity contribution in [1.29, 1.82) is 0 Å². The monoisotopic (exact) mass is 400 g/mol. The Balaban J connectivity index is 0.000000537. The lowest BCUT2D eigenvalue weighted by atomic mass is 10.0. The van der Waals surface area contributed by atoms with E-state index in [0.717, 1.165) is 29.7 Å². The molecule has 5 heteroatoms. The molecule has 0 saturated carbocycles. The molecule has 0 bridgehead atoms. The highest BCUT2D eigenvalue weighted by Gasteiger charge is 2.32. The van der Waals surface area contributed by atoms with Gasteiger partial charge >= 0.3 is 0 Å². The third kappa shape index (κ3) is 5.97. The summed E-state index contributed by atoms with van der Waals surface area (Å²) in [6.07, 6.45) is 3.10. The van der Waals surface area contributed by atoms with Gasteiger partial charge in [0.05, 0.1) is 12.1 Å². The van der Waals surface area contributed by atoms with Crippen LogP contribution >= 0.6 is 0 Å². The van der Waals surface area contributed by atoms with Gasteiger partial charge < -0.3 is 10.6 Å². The van der Waals surface area contributed by atoms with Gasteiger partial charge in [-0.25, -0.2) is 8.78 Å². The van der Waals surface area contributed by atoms with Crippen LogP contribution in [0.15, 0.2) is 54.6 Å². The maximum atomic E-state index is 14.1. The van der Waals surface area contributed by atoms with Crippen LogP contribution < -0.4 is 5.73 Å². The van der Waals surface area contributed by atoms with Crippen molar-refractivity contribution in [3.63, 3.8) is 0 Å². The van der Waals surface area contributed by atoms with Crippen LogP contribution in [0.2, 0.25) is 0 Å². The second-order valence-corrected chi connectivity index (χ2v) is 7.73. The van der Waals surface area contributed by atoms with Crippen LogP contribution in [0.1, 0.15) is 51.3 Å². The van der Waals surface area contributed by atoms with Gasteiger partial charge in [0, 0.05) is 12.1 Å². The summed E-state index contributed by atoms with van der Waals surface area (Å²) in [7, 11) is 0. The van der Waals surface area contributed by atoms with Crippen LogP contribution in [0.25, 0.3) is 5.57 Å². The number of halogens is 2. The summed E-state index contributed by atoms with van der Waals surface area (Å²) in [6.45, 7) is 8.45. The van der Waals surface area contributed by atoms with Crippen molar-refractivity contribution >= 4 is 11.5 Å². The summed E-state index contributed by atoms with van der Waals surface area (Å²) >= 11 is 0. The molecule has 1 amide bonds. The minimum Gasteiger partial charge on any atom is -0.326 e. The molecule has 3 rings (SSSR count).